The average molecular weight is 194 g/mol. The molecule has 0 spiro atoms. The molecule has 0 fully saturated rings. The van der Waals surface area contributed by atoms with Gasteiger partial charge in [-0.3, -0.25) is 0 Å². The van der Waals surface area contributed by atoms with Crippen molar-refractivity contribution in [1.82, 2.24) is 0 Å². The second-order valence-corrected chi connectivity index (χ2v) is 4.11. The van der Waals surface area contributed by atoms with Gasteiger partial charge in [0.05, 0.1) is 0 Å². The lowest BCUT2D eigenvalue weighted by atomic mass is 10.1. The molecule has 0 rings (SSSR count). The highest BCUT2D eigenvalue weighted by molar-refractivity contribution is 4.84. The van der Waals surface area contributed by atoms with Crippen molar-refractivity contribution < 1.29 is 0 Å². The van der Waals surface area contributed by atoms with Gasteiger partial charge in [-0.15, -0.1) is 6.58 Å². The zero-order valence-corrected chi connectivity index (χ0v) is 9.97. The predicted octanol–water partition coefficient (Wildman–Crippen LogP) is 5.12. The second-order valence-electron chi connectivity index (χ2n) is 4.11. The zero-order chi connectivity index (χ0) is 10.6. The summed E-state index contributed by atoms with van der Waals surface area (Å²) in [5.41, 5.74) is 0. The van der Waals surface area contributed by atoms with Crippen LogP contribution < -0.4 is 0 Å². The summed E-state index contributed by atoms with van der Waals surface area (Å²) >= 11 is 0. The fourth-order valence-electron chi connectivity index (χ4n) is 1.40. The summed E-state index contributed by atoms with van der Waals surface area (Å²) in [5.74, 6) is 0.666. The van der Waals surface area contributed by atoms with Crippen molar-refractivity contribution in [3.8, 4) is 0 Å². The van der Waals surface area contributed by atoms with Gasteiger partial charge in [-0.05, 0) is 31.6 Å². The Morgan fingerprint density at radius 1 is 1.07 bits per heavy atom. The standard InChI is InChI=1S/C14H26/c1-4-6-7-8-9-10-11-12-13-14(3)5-2/h5,10-11,14H,2,4,6-9,12-13H2,1,3H3. The first-order valence-electron chi connectivity index (χ1n) is 6.08. The van der Waals surface area contributed by atoms with Gasteiger partial charge in [0.2, 0.25) is 0 Å². The van der Waals surface area contributed by atoms with Crippen LogP contribution in [0.15, 0.2) is 24.8 Å². The number of allylic oxidation sites excluding steroid dienone is 3. The van der Waals surface area contributed by atoms with Gasteiger partial charge < -0.3 is 0 Å². The summed E-state index contributed by atoms with van der Waals surface area (Å²) in [5, 5.41) is 0. The highest BCUT2D eigenvalue weighted by Gasteiger charge is 1.91. The van der Waals surface area contributed by atoms with Crippen molar-refractivity contribution in [1.29, 1.82) is 0 Å². The van der Waals surface area contributed by atoms with Gasteiger partial charge in [0, 0.05) is 0 Å². The van der Waals surface area contributed by atoms with Crippen molar-refractivity contribution in [2.45, 2.75) is 58.8 Å². The second kappa shape index (κ2) is 10.6. The molecule has 0 heterocycles. The lowest BCUT2D eigenvalue weighted by Gasteiger charge is -2.00. The van der Waals surface area contributed by atoms with E-state index in [-0.39, 0.29) is 0 Å². The summed E-state index contributed by atoms with van der Waals surface area (Å²) in [6.45, 7) is 8.27. The van der Waals surface area contributed by atoms with E-state index in [0.717, 1.165) is 0 Å². The molecule has 0 saturated carbocycles. The van der Waals surface area contributed by atoms with Crippen molar-refractivity contribution in [3.63, 3.8) is 0 Å². The largest absolute Gasteiger partial charge is 0.103 e. The Kier molecular flexibility index (Phi) is 10.2. The molecule has 0 saturated heterocycles. The molecule has 1 unspecified atom stereocenters. The fraction of sp³-hybridized carbons (Fsp3) is 0.714. The van der Waals surface area contributed by atoms with E-state index < -0.39 is 0 Å². The van der Waals surface area contributed by atoms with E-state index >= 15 is 0 Å². The summed E-state index contributed by atoms with van der Waals surface area (Å²) in [4.78, 5) is 0. The van der Waals surface area contributed by atoms with Crippen LogP contribution in [0, 0.1) is 5.92 Å². The summed E-state index contributed by atoms with van der Waals surface area (Å²) in [6, 6.07) is 0. The molecular formula is C14H26. The first kappa shape index (κ1) is 13.5. The maximum atomic E-state index is 3.79. The predicted molar refractivity (Wildman–Crippen MR) is 66.5 cm³/mol. The lowest BCUT2D eigenvalue weighted by Crippen LogP contribution is -1.85. The Bertz CT molecular complexity index is 144. The molecule has 0 N–H and O–H groups in total. The van der Waals surface area contributed by atoms with E-state index in [1.54, 1.807) is 0 Å². The van der Waals surface area contributed by atoms with Crippen molar-refractivity contribution in [2.75, 3.05) is 0 Å². The monoisotopic (exact) mass is 194 g/mol. The molecule has 0 nitrogen and oxygen atoms in total. The molecule has 0 aromatic carbocycles. The molecule has 0 aliphatic rings. The fourth-order valence-corrected chi connectivity index (χ4v) is 1.40. The number of rotatable bonds is 9. The molecular weight excluding hydrogens is 168 g/mol. The van der Waals surface area contributed by atoms with Crippen molar-refractivity contribution in [2.24, 2.45) is 5.92 Å². The topological polar surface area (TPSA) is 0 Å². The molecule has 1 atom stereocenters. The van der Waals surface area contributed by atoms with Crippen LogP contribution in [-0.4, -0.2) is 0 Å². The third-order valence-corrected chi connectivity index (χ3v) is 2.58. The van der Waals surface area contributed by atoms with E-state index in [0.29, 0.717) is 5.92 Å². The van der Waals surface area contributed by atoms with Crippen LogP contribution in [0.1, 0.15) is 58.8 Å². The lowest BCUT2D eigenvalue weighted by molar-refractivity contribution is 0.654. The third-order valence-electron chi connectivity index (χ3n) is 2.58. The third kappa shape index (κ3) is 9.57. The molecule has 0 aliphatic heterocycles. The zero-order valence-electron chi connectivity index (χ0n) is 9.97. The Labute approximate surface area is 90.1 Å². The van der Waals surface area contributed by atoms with Crippen LogP contribution in [0.3, 0.4) is 0 Å². The Morgan fingerprint density at radius 3 is 2.43 bits per heavy atom. The summed E-state index contributed by atoms with van der Waals surface area (Å²) < 4.78 is 0. The number of unbranched alkanes of at least 4 members (excludes halogenated alkanes) is 4. The first-order chi connectivity index (χ1) is 6.81. The van der Waals surface area contributed by atoms with E-state index in [2.05, 4.69) is 32.6 Å². The SMILES string of the molecule is C=CC(C)CCC=CCCCCCC. The summed E-state index contributed by atoms with van der Waals surface area (Å²) in [6.07, 6.45) is 15.9. The minimum Gasteiger partial charge on any atom is -0.103 e. The first-order valence-corrected chi connectivity index (χ1v) is 6.08. The van der Waals surface area contributed by atoms with Gasteiger partial charge >= 0.3 is 0 Å². The molecule has 82 valence electrons. The van der Waals surface area contributed by atoms with Crippen molar-refractivity contribution in [3.05, 3.63) is 24.8 Å². The maximum absolute atomic E-state index is 3.79. The van der Waals surface area contributed by atoms with Gasteiger partial charge in [-0.2, -0.15) is 0 Å². The van der Waals surface area contributed by atoms with E-state index in [4.69, 9.17) is 0 Å². The van der Waals surface area contributed by atoms with Gasteiger partial charge in [0.1, 0.15) is 0 Å². The van der Waals surface area contributed by atoms with Crippen molar-refractivity contribution >= 4 is 0 Å². The van der Waals surface area contributed by atoms with Crippen LogP contribution >= 0.6 is 0 Å². The molecule has 0 amide bonds. The quantitative estimate of drug-likeness (QED) is 0.353. The van der Waals surface area contributed by atoms with Crippen LogP contribution in [-0.2, 0) is 0 Å². The molecule has 0 heteroatoms. The number of hydrogen-bond donors (Lipinski definition) is 0. The molecule has 0 aliphatic carbocycles. The van der Waals surface area contributed by atoms with Gasteiger partial charge in [-0.1, -0.05) is 51.3 Å². The molecule has 0 bridgehead atoms. The molecule has 14 heavy (non-hydrogen) atoms. The van der Waals surface area contributed by atoms with Crippen LogP contribution in [0.4, 0.5) is 0 Å². The molecule has 0 aromatic rings. The van der Waals surface area contributed by atoms with Gasteiger partial charge in [0.25, 0.3) is 0 Å². The Hall–Kier alpha value is -0.520. The number of hydrogen-bond acceptors (Lipinski definition) is 0. The highest BCUT2D eigenvalue weighted by Crippen LogP contribution is 2.08. The summed E-state index contributed by atoms with van der Waals surface area (Å²) in [7, 11) is 0. The molecule has 0 radical (unpaired) electrons. The van der Waals surface area contributed by atoms with Gasteiger partial charge in [0.15, 0.2) is 0 Å². The van der Waals surface area contributed by atoms with E-state index in [1.165, 1.54) is 44.9 Å². The molecule has 0 aromatic heterocycles. The smallest absolute Gasteiger partial charge is 0.0262 e. The van der Waals surface area contributed by atoms with E-state index in [1.807, 2.05) is 6.08 Å². The minimum atomic E-state index is 0.666. The van der Waals surface area contributed by atoms with E-state index in [9.17, 15) is 0 Å². The van der Waals surface area contributed by atoms with Gasteiger partial charge in [-0.25, -0.2) is 0 Å². The Balaban J connectivity index is 3.15. The van der Waals surface area contributed by atoms with Crippen LogP contribution in [0.25, 0.3) is 0 Å². The van der Waals surface area contributed by atoms with Crippen LogP contribution in [0.2, 0.25) is 0 Å². The average Bonchev–Trinajstić information content (AvgIpc) is 2.21. The highest BCUT2D eigenvalue weighted by atomic mass is 14.0. The minimum absolute atomic E-state index is 0.666. The van der Waals surface area contributed by atoms with Crippen LogP contribution in [0.5, 0.6) is 0 Å². The maximum Gasteiger partial charge on any atom is -0.0262 e. The normalized spacial score (nSPS) is 13.3. The Morgan fingerprint density at radius 2 is 1.79 bits per heavy atom.